The van der Waals surface area contributed by atoms with Crippen LogP contribution < -0.4 is 11.2 Å². The lowest BCUT2D eigenvalue weighted by atomic mass is 10.00. The number of ether oxygens (including phenoxy) is 1. The Bertz CT molecular complexity index is 220. The molecule has 0 bridgehead atoms. The maximum atomic E-state index is 11.3. The third-order valence-electron chi connectivity index (χ3n) is 2.06. The van der Waals surface area contributed by atoms with Gasteiger partial charge in [0, 0.05) is 0 Å². The second-order valence-electron chi connectivity index (χ2n) is 3.16. The van der Waals surface area contributed by atoms with Crippen molar-refractivity contribution < 1.29 is 19.2 Å². The largest absolute Gasteiger partial charge is 0.533 e. The summed E-state index contributed by atoms with van der Waals surface area (Å²) in [7, 11) is 0. The number of rotatable bonds is 4. The molecular weight excluding hydrogens is 200 g/mol. The van der Waals surface area contributed by atoms with Crippen molar-refractivity contribution in [2.75, 3.05) is 6.61 Å². The first-order chi connectivity index (χ1) is 7.02. The lowest BCUT2D eigenvalue weighted by Gasteiger charge is -2.16. The average molecular weight is 218 g/mol. The van der Waals surface area contributed by atoms with Crippen LogP contribution in [0.1, 0.15) is 27.2 Å². The topological polar surface area (TPSA) is 90.6 Å². The maximum Gasteiger partial charge on any atom is 0.533 e. The molecule has 3 N–H and O–H groups in total. The van der Waals surface area contributed by atoms with Gasteiger partial charge in [0.15, 0.2) is 0 Å². The number of nitrogens with two attached hydrogens (primary N) is 1. The van der Waals surface area contributed by atoms with Crippen LogP contribution in [-0.4, -0.2) is 24.7 Å². The maximum absolute atomic E-state index is 11.3. The first kappa shape index (κ1) is 13.7. The zero-order valence-corrected chi connectivity index (χ0v) is 9.28. The molecule has 0 fully saturated rings. The summed E-state index contributed by atoms with van der Waals surface area (Å²) in [5.74, 6) is -0.506. The molecular formula is C9H18N2O4. The molecule has 0 saturated carbocycles. The van der Waals surface area contributed by atoms with Crippen LogP contribution in [0.5, 0.6) is 0 Å². The number of carbonyl (C=O) groups is 2. The van der Waals surface area contributed by atoms with Crippen LogP contribution >= 0.6 is 0 Å². The summed E-state index contributed by atoms with van der Waals surface area (Å²) >= 11 is 0. The van der Waals surface area contributed by atoms with Gasteiger partial charge in [-0.3, -0.25) is 4.79 Å². The molecule has 0 aromatic carbocycles. The van der Waals surface area contributed by atoms with Gasteiger partial charge in [-0.25, -0.2) is 4.79 Å². The number of hydrogen-bond donors (Lipinski definition) is 2. The Balaban J connectivity index is 3.88. The minimum atomic E-state index is -0.942. The summed E-state index contributed by atoms with van der Waals surface area (Å²) in [5, 5.41) is 0. The summed E-state index contributed by atoms with van der Waals surface area (Å²) < 4.78 is 4.44. The SMILES string of the molecule is CCOC(=O)ONC(=O)C(N)C(C)CC. The summed E-state index contributed by atoms with van der Waals surface area (Å²) in [6, 6.07) is -0.690. The predicted octanol–water partition coefficient (Wildman–Crippen LogP) is 0.564. The van der Waals surface area contributed by atoms with Crippen molar-refractivity contribution in [1.82, 2.24) is 5.48 Å². The van der Waals surface area contributed by atoms with Gasteiger partial charge in [0.25, 0.3) is 5.91 Å². The van der Waals surface area contributed by atoms with Crippen molar-refractivity contribution >= 4 is 12.1 Å². The first-order valence-corrected chi connectivity index (χ1v) is 4.91. The van der Waals surface area contributed by atoms with Crippen molar-refractivity contribution in [3.63, 3.8) is 0 Å². The number of carbonyl (C=O) groups excluding carboxylic acids is 2. The van der Waals surface area contributed by atoms with Crippen LogP contribution in [0.4, 0.5) is 4.79 Å². The smallest absolute Gasteiger partial charge is 0.433 e. The van der Waals surface area contributed by atoms with Gasteiger partial charge in [0.05, 0.1) is 12.6 Å². The Kier molecular flexibility index (Phi) is 6.44. The number of nitrogens with one attached hydrogen (secondary N) is 1. The number of hydroxylamine groups is 1. The highest BCUT2D eigenvalue weighted by molar-refractivity contribution is 5.81. The van der Waals surface area contributed by atoms with E-state index in [1.165, 1.54) is 0 Å². The van der Waals surface area contributed by atoms with E-state index in [1.807, 2.05) is 19.3 Å². The van der Waals surface area contributed by atoms with E-state index in [2.05, 4.69) is 9.57 Å². The fraction of sp³-hybridized carbons (Fsp3) is 0.778. The minimum Gasteiger partial charge on any atom is -0.433 e. The van der Waals surface area contributed by atoms with Crippen LogP contribution in [0.15, 0.2) is 0 Å². The molecule has 0 radical (unpaired) electrons. The highest BCUT2D eigenvalue weighted by atomic mass is 16.8. The predicted molar refractivity (Wildman–Crippen MR) is 53.7 cm³/mol. The lowest BCUT2D eigenvalue weighted by molar-refractivity contribution is -0.133. The molecule has 15 heavy (non-hydrogen) atoms. The van der Waals surface area contributed by atoms with E-state index < -0.39 is 18.1 Å². The Hall–Kier alpha value is -1.30. The van der Waals surface area contributed by atoms with Gasteiger partial charge in [-0.15, -0.1) is 0 Å². The van der Waals surface area contributed by atoms with Gasteiger partial charge < -0.3 is 15.3 Å². The summed E-state index contributed by atoms with van der Waals surface area (Å²) in [6.45, 7) is 5.58. The van der Waals surface area contributed by atoms with E-state index in [4.69, 9.17) is 5.73 Å². The highest BCUT2D eigenvalue weighted by Gasteiger charge is 2.20. The monoisotopic (exact) mass is 218 g/mol. The second-order valence-corrected chi connectivity index (χ2v) is 3.16. The fourth-order valence-electron chi connectivity index (χ4n) is 0.820. The van der Waals surface area contributed by atoms with Crippen molar-refractivity contribution in [1.29, 1.82) is 0 Å². The normalized spacial score (nSPS) is 13.9. The highest BCUT2D eigenvalue weighted by Crippen LogP contribution is 2.04. The molecule has 0 heterocycles. The summed E-state index contributed by atoms with van der Waals surface area (Å²) in [6.07, 6.45) is -0.171. The van der Waals surface area contributed by atoms with Crippen LogP contribution in [0.3, 0.4) is 0 Å². The third kappa shape index (κ3) is 5.21. The second kappa shape index (κ2) is 7.05. The fourth-order valence-corrected chi connectivity index (χ4v) is 0.820. The molecule has 0 aliphatic rings. The van der Waals surface area contributed by atoms with E-state index in [0.717, 1.165) is 6.42 Å². The molecule has 0 spiro atoms. The van der Waals surface area contributed by atoms with E-state index in [1.54, 1.807) is 6.92 Å². The van der Waals surface area contributed by atoms with Crippen LogP contribution in [0.25, 0.3) is 0 Å². The van der Waals surface area contributed by atoms with Crippen molar-refractivity contribution in [2.24, 2.45) is 11.7 Å². The zero-order valence-electron chi connectivity index (χ0n) is 9.28. The van der Waals surface area contributed by atoms with Gasteiger partial charge in [0.1, 0.15) is 0 Å². The Labute approximate surface area is 89.1 Å². The van der Waals surface area contributed by atoms with Gasteiger partial charge in [-0.1, -0.05) is 20.3 Å². The molecule has 0 aliphatic carbocycles. The molecule has 0 aromatic heterocycles. The molecule has 1 amide bonds. The van der Waals surface area contributed by atoms with E-state index in [0.29, 0.717) is 0 Å². The zero-order chi connectivity index (χ0) is 11.8. The molecule has 0 rings (SSSR count). The Morgan fingerprint density at radius 2 is 2.00 bits per heavy atom. The Morgan fingerprint density at radius 3 is 2.47 bits per heavy atom. The molecule has 2 unspecified atom stereocenters. The molecule has 2 atom stereocenters. The van der Waals surface area contributed by atoms with Crippen LogP contribution in [0, 0.1) is 5.92 Å². The molecule has 88 valence electrons. The molecule has 6 heteroatoms. The van der Waals surface area contributed by atoms with Crippen molar-refractivity contribution in [3.05, 3.63) is 0 Å². The average Bonchev–Trinajstić information content (AvgIpc) is 2.24. The van der Waals surface area contributed by atoms with Crippen LogP contribution in [-0.2, 0) is 14.4 Å². The first-order valence-electron chi connectivity index (χ1n) is 4.91. The van der Waals surface area contributed by atoms with Crippen LogP contribution in [0.2, 0.25) is 0 Å². The molecule has 6 nitrogen and oxygen atoms in total. The van der Waals surface area contributed by atoms with Crippen molar-refractivity contribution in [3.8, 4) is 0 Å². The third-order valence-corrected chi connectivity index (χ3v) is 2.06. The standard InChI is InChI=1S/C9H18N2O4/c1-4-6(3)7(10)8(12)11-15-9(13)14-5-2/h6-7H,4-5,10H2,1-3H3,(H,11,12). The quantitative estimate of drug-likeness (QED) is 0.531. The van der Waals surface area contributed by atoms with Gasteiger partial charge >= 0.3 is 6.16 Å². The van der Waals surface area contributed by atoms with E-state index in [9.17, 15) is 9.59 Å². The molecule has 0 saturated heterocycles. The number of amides is 1. The molecule has 0 aliphatic heterocycles. The van der Waals surface area contributed by atoms with Gasteiger partial charge in [-0.2, -0.15) is 5.48 Å². The lowest BCUT2D eigenvalue weighted by Crippen LogP contribution is -2.45. The van der Waals surface area contributed by atoms with Gasteiger partial charge in [-0.05, 0) is 12.8 Å². The summed E-state index contributed by atoms with van der Waals surface area (Å²) in [4.78, 5) is 26.3. The minimum absolute atomic E-state index is 0.0239. The van der Waals surface area contributed by atoms with E-state index in [-0.39, 0.29) is 12.5 Å². The molecule has 0 aromatic rings. The Morgan fingerprint density at radius 1 is 1.40 bits per heavy atom. The van der Waals surface area contributed by atoms with Crippen molar-refractivity contribution in [2.45, 2.75) is 33.2 Å². The number of hydrogen-bond acceptors (Lipinski definition) is 5. The van der Waals surface area contributed by atoms with Gasteiger partial charge in [0.2, 0.25) is 0 Å². The summed E-state index contributed by atoms with van der Waals surface area (Å²) in [5.41, 5.74) is 7.53. The van der Waals surface area contributed by atoms with E-state index >= 15 is 0 Å².